The highest BCUT2D eigenvalue weighted by atomic mass is 79.9. The molecular weight excluding hydrogens is 452 g/mol. The molecule has 138 valence electrons. The third-order valence-electron chi connectivity index (χ3n) is 3.97. The number of halogens is 2. The minimum absolute atomic E-state index is 0.0882. The molecule has 7 heteroatoms. The van der Waals surface area contributed by atoms with Crippen LogP contribution in [0.25, 0.3) is 0 Å². The van der Waals surface area contributed by atoms with E-state index in [2.05, 4.69) is 37.2 Å². The van der Waals surface area contributed by atoms with E-state index in [4.69, 9.17) is 4.74 Å². The Morgan fingerprint density at radius 3 is 2.48 bits per heavy atom. The van der Waals surface area contributed by atoms with Crippen molar-refractivity contribution in [1.82, 2.24) is 4.90 Å². The van der Waals surface area contributed by atoms with Gasteiger partial charge in [0.15, 0.2) is 0 Å². The number of aryl methyl sites for hydroxylation is 1. The van der Waals surface area contributed by atoms with E-state index in [1.807, 2.05) is 24.0 Å². The fourth-order valence-corrected chi connectivity index (χ4v) is 4.20. The summed E-state index contributed by atoms with van der Waals surface area (Å²) in [7, 11) is 0. The Hall–Kier alpha value is -0.920. The van der Waals surface area contributed by atoms with E-state index in [0.717, 1.165) is 26.7 Å². The van der Waals surface area contributed by atoms with Gasteiger partial charge < -0.3 is 10.1 Å². The Labute approximate surface area is 165 Å². The van der Waals surface area contributed by atoms with Crippen molar-refractivity contribution in [2.24, 2.45) is 5.92 Å². The van der Waals surface area contributed by atoms with E-state index in [0.29, 0.717) is 25.5 Å². The summed E-state index contributed by atoms with van der Waals surface area (Å²) in [6, 6.07) is 3.92. The highest BCUT2D eigenvalue weighted by Crippen LogP contribution is 2.32. The summed E-state index contributed by atoms with van der Waals surface area (Å²) >= 11 is 6.98. The van der Waals surface area contributed by atoms with Gasteiger partial charge in [0.05, 0.1) is 25.3 Å². The molecule has 0 saturated heterocycles. The van der Waals surface area contributed by atoms with Crippen LogP contribution in [0.1, 0.15) is 31.7 Å². The second kappa shape index (κ2) is 9.69. The Balaban J connectivity index is 1.93. The largest absolute Gasteiger partial charge is 0.466 e. The van der Waals surface area contributed by atoms with Gasteiger partial charge in [0, 0.05) is 22.0 Å². The summed E-state index contributed by atoms with van der Waals surface area (Å²) in [5.74, 6) is 0.343. The van der Waals surface area contributed by atoms with Crippen molar-refractivity contribution in [2.75, 3.05) is 31.6 Å². The molecule has 1 fully saturated rings. The highest BCUT2D eigenvalue weighted by molar-refractivity contribution is 9.11. The van der Waals surface area contributed by atoms with Crippen molar-refractivity contribution in [2.45, 2.75) is 33.1 Å². The van der Waals surface area contributed by atoms with Gasteiger partial charge in [-0.1, -0.05) is 0 Å². The van der Waals surface area contributed by atoms with Gasteiger partial charge in [0.25, 0.3) is 0 Å². The SMILES string of the molecule is CCOC(=O)CCN(CC(=O)Nc1c(Br)cc(C)cc1Br)CC1CC1. The van der Waals surface area contributed by atoms with Crippen molar-refractivity contribution in [3.05, 3.63) is 26.6 Å². The van der Waals surface area contributed by atoms with Crippen molar-refractivity contribution in [1.29, 1.82) is 0 Å². The van der Waals surface area contributed by atoms with Crippen LogP contribution in [0.5, 0.6) is 0 Å². The van der Waals surface area contributed by atoms with Crippen LogP contribution in [0.3, 0.4) is 0 Å². The van der Waals surface area contributed by atoms with Gasteiger partial charge >= 0.3 is 5.97 Å². The predicted molar refractivity (Wildman–Crippen MR) is 106 cm³/mol. The number of benzene rings is 1. The van der Waals surface area contributed by atoms with Crippen LogP contribution in [0.2, 0.25) is 0 Å². The number of hydrogen-bond acceptors (Lipinski definition) is 4. The van der Waals surface area contributed by atoms with Gasteiger partial charge in [-0.15, -0.1) is 0 Å². The number of rotatable bonds is 9. The summed E-state index contributed by atoms with van der Waals surface area (Å²) in [5.41, 5.74) is 1.83. The van der Waals surface area contributed by atoms with Crippen LogP contribution in [-0.4, -0.2) is 43.0 Å². The highest BCUT2D eigenvalue weighted by Gasteiger charge is 2.26. The van der Waals surface area contributed by atoms with E-state index in [-0.39, 0.29) is 18.4 Å². The summed E-state index contributed by atoms with van der Waals surface area (Å²) in [6.45, 7) is 5.83. The summed E-state index contributed by atoms with van der Waals surface area (Å²) in [5, 5.41) is 2.95. The number of amides is 1. The van der Waals surface area contributed by atoms with E-state index in [1.165, 1.54) is 12.8 Å². The first-order chi connectivity index (χ1) is 11.9. The molecule has 25 heavy (non-hydrogen) atoms. The van der Waals surface area contributed by atoms with Crippen LogP contribution >= 0.6 is 31.9 Å². The first-order valence-corrected chi connectivity index (χ1v) is 10.1. The van der Waals surface area contributed by atoms with Gasteiger partial charge in [-0.25, -0.2) is 0 Å². The van der Waals surface area contributed by atoms with E-state index >= 15 is 0 Å². The van der Waals surface area contributed by atoms with E-state index in [1.54, 1.807) is 6.92 Å². The number of nitrogens with zero attached hydrogens (tertiary/aromatic N) is 1. The maximum atomic E-state index is 12.5. The number of carbonyl (C=O) groups is 2. The second-order valence-corrected chi connectivity index (χ2v) is 8.09. The predicted octanol–water partition coefficient (Wildman–Crippen LogP) is 4.12. The zero-order valence-corrected chi connectivity index (χ0v) is 17.8. The normalized spacial score (nSPS) is 13.8. The molecule has 0 heterocycles. The first kappa shape index (κ1) is 20.4. The van der Waals surface area contributed by atoms with E-state index in [9.17, 15) is 9.59 Å². The second-order valence-electron chi connectivity index (χ2n) is 6.39. The minimum Gasteiger partial charge on any atom is -0.466 e. The molecule has 2 rings (SSSR count). The Morgan fingerprint density at radius 2 is 1.92 bits per heavy atom. The quantitative estimate of drug-likeness (QED) is 0.545. The molecule has 0 unspecified atom stereocenters. The third-order valence-corrected chi connectivity index (χ3v) is 5.22. The van der Waals surface area contributed by atoms with Crippen molar-refractivity contribution in [3.8, 4) is 0 Å². The van der Waals surface area contributed by atoms with Gasteiger partial charge in [0.1, 0.15) is 0 Å². The van der Waals surface area contributed by atoms with Crippen molar-refractivity contribution < 1.29 is 14.3 Å². The molecule has 1 saturated carbocycles. The Bertz CT molecular complexity index is 610. The lowest BCUT2D eigenvalue weighted by Crippen LogP contribution is -2.36. The number of nitrogens with one attached hydrogen (secondary N) is 1. The minimum atomic E-state index is -0.215. The number of hydrogen-bond donors (Lipinski definition) is 1. The maximum absolute atomic E-state index is 12.5. The van der Waals surface area contributed by atoms with Crippen LogP contribution in [0, 0.1) is 12.8 Å². The number of esters is 1. The first-order valence-electron chi connectivity index (χ1n) is 8.52. The van der Waals surface area contributed by atoms with Crippen LogP contribution in [0.15, 0.2) is 21.1 Å². The average molecular weight is 476 g/mol. The molecule has 1 N–H and O–H groups in total. The summed E-state index contributed by atoms with van der Waals surface area (Å²) in [4.78, 5) is 26.1. The van der Waals surface area contributed by atoms with Gasteiger partial charge in [-0.3, -0.25) is 14.5 Å². The molecule has 0 aliphatic heterocycles. The molecule has 1 aliphatic rings. The molecule has 0 bridgehead atoms. The molecule has 1 aromatic rings. The fraction of sp³-hybridized carbons (Fsp3) is 0.556. The van der Waals surface area contributed by atoms with Gasteiger partial charge in [-0.2, -0.15) is 0 Å². The number of carbonyl (C=O) groups excluding carboxylic acids is 2. The average Bonchev–Trinajstić information content (AvgIpc) is 3.33. The van der Waals surface area contributed by atoms with Gasteiger partial charge in [-0.05, 0) is 82.2 Å². The summed E-state index contributed by atoms with van der Waals surface area (Å²) in [6.07, 6.45) is 2.71. The topological polar surface area (TPSA) is 58.6 Å². The lowest BCUT2D eigenvalue weighted by molar-refractivity contribution is -0.143. The molecule has 0 aromatic heterocycles. The lowest BCUT2D eigenvalue weighted by atomic mass is 10.2. The molecular formula is C18H24Br2N2O3. The van der Waals surface area contributed by atoms with Crippen molar-refractivity contribution in [3.63, 3.8) is 0 Å². The van der Waals surface area contributed by atoms with Crippen LogP contribution in [0.4, 0.5) is 5.69 Å². The molecule has 1 aliphatic carbocycles. The van der Waals surface area contributed by atoms with Crippen LogP contribution < -0.4 is 5.32 Å². The molecule has 5 nitrogen and oxygen atoms in total. The molecule has 0 spiro atoms. The van der Waals surface area contributed by atoms with Crippen molar-refractivity contribution >= 4 is 49.4 Å². The fourth-order valence-electron chi connectivity index (χ4n) is 2.58. The molecule has 0 radical (unpaired) electrons. The molecule has 0 atom stereocenters. The Kier molecular flexibility index (Phi) is 7.90. The standard InChI is InChI=1S/C18H24Br2N2O3/c1-3-25-17(24)6-7-22(10-13-4-5-13)11-16(23)21-18-14(19)8-12(2)9-15(18)20/h8-9,13H,3-7,10-11H2,1-2H3,(H,21,23). The Morgan fingerprint density at radius 1 is 1.28 bits per heavy atom. The number of ether oxygens (including phenoxy) is 1. The monoisotopic (exact) mass is 474 g/mol. The smallest absolute Gasteiger partial charge is 0.307 e. The lowest BCUT2D eigenvalue weighted by Gasteiger charge is -2.21. The number of anilines is 1. The third kappa shape index (κ3) is 7.07. The summed E-state index contributed by atoms with van der Waals surface area (Å²) < 4.78 is 6.66. The van der Waals surface area contributed by atoms with Crippen LogP contribution in [-0.2, 0) is 14.3 Å². The van der Waals surface area contributed by atoms with Gasteiger partial charge in [0.2, 0.25) is 5.91 Å². The molecule has 1 aromatic carbocycles. The molecule has 1 amide bonds. The van der Waals surface area contributed by atoms with E-state index < -0.39 is 0 Å². The zero-order valence-electron chi connectivity index (χ0n) is 14.6. The zero-order chi connectivity index (χ0) is 18.4. The maximum Gasteiger partial charge on any atom is 0.307 e.